The number of hydrogen-bond acceptors (Lipinski definition) is 5. The maximum atomic E-state index is 10.6. The molecule has 0 heterocycles. The van der Waals surface area contributed by atoms with E-state index in [0.29, 0.717) is 11.5 Å². The second-order valence-corrected chi connectivity index (χ2v) is 8.95. The number of nitrogens with zero attached hydrogens (tertiary/aromatic N) is 1. The average Bonchev–Trinajstić information content (AvgIpc) is 2.89. The first-order valence-corrected chi connectivity index (χ1v) is 12.4. The first-order chi connectivity index (χ1) is 16.8. The largest absolute Gasteiger partial charge is 0.478 e. The topological polar surface area (TPSA) is 62.5 Å². The predicted octanol–water partition coefficient (Wildman–Crippen LogP) is 6.14. The Morgan fingerprint density at radius 3 is 2.12 bits per heavy atom. The monoisotopic (exact) mass is 469 g/mol. The van der Waals surface area contributed by atoms with Crippen LogP contribution in [-0.4, -0.2) is 30.2 Å². The SMILES string of the molecule is N#CCOc1cccc2c(CSCC(O)COC(c3ccccc3)c3ccccc3)cccc12. The van der Waals surface area contributed by atoms with E-state index >= 15 is 0 Å². The molecule has 4 aromatic rings. The quantitative estimate of drug-likeness (QED) is 0.286. The number of aliphatic hydroxyl groups is 1. The molecule has 5 heteroatoms. The maximum absolute atomic E-state index is 10.6. The van der Waals surface area contributed by atoms with Crippen LogP contribution in [0.2, 0.25) is 0 Å². The smallest absolute Gasteiger partial charge is 0.174 e. The molecule has 1 N–H and O–H groups in total. The van der Waals surface area contributed by atoms with Crippen molar-refractivity contribution in [1.82, 2.24) is 0 Å². The highest BCUT2D eigenvalue weighted by Crippen LogP contribution is 2.30. The molecule has 0 saturated heterocycles. The van der Waals surface area contributed by atoms with Gasteiger partial charge in [-0.25, -0.2) is 0 Å². The molecule has 0 spiro atoms. The standard InChI is InChI=1S/C29H27NO3S/c30-17-18-32-28-16-8-14-26-24(13-7-15-27(26)28)20-34-21-25(31)19-33-29(22-9-3-1-4-10-22)23-11-5-2-6-12-23/h1-16,25,29,31H,18-21H2. The van der Waals surface area contributed by atoms with Gasteiger partial charge in [0.15, 0.2) is 6.61 Å². The van der Waals surface area contributed by atoms with Crippen molar-refractivity contribution in [2.75, 3.05) is 19.0 Å². The van der Waals surface area contributed by atoms with Crippen molar-refractivity contribution in [2.45, 2.75) is 18.0 Å². The molecule has 4 nitrogen and oxygen atoms in total. The van der Waals surface area contributed by atoms with Gasteiger partial charge in [0.2, 0.25) is 0 Å². The molecule has 172 valence electrons. The Kier molecular flexibility index (Phi) is 8.59. The molecule has 0 aliphatic heterocycles. The summed E-state index contributed by atoms with van der Waals surface area (Å²) in [7, 11) is 0. The summed E-state index contributed by atoms with van der Waals surface area (Å²) in [6.45, 7) is 0.278. The second-order valence-electron chi connectivity index (χ2n) is 7.92. The first-order valence-electron chi connectivity index (χ1n) is 11.2. The van der Waals surface area contributed by atoms with Gasteiger partial charge in [-0.2, -0.15) is 17.0 Å². The number of nitriles is 1. The zero-order valence-corrected chi connectivity index (χ0v) is 19.7. The zero-order chi connectivity index (χ0) is 23.6. The summed E-state index contributed by atoms with van der Waals surface area (Å²) >= 11 is 1.67. The summed E-state index contributed by atoms with van der Waals surface area (Å²) in [5.41, 5.74) is 3.31. The highest BCUT2D eigenvalue weighted by atomic mass is 32.2. The van der Waals surface area contributed by atoms with E-state index in [2.05, 4.69) is 12.1 Å². The molecule has 0 fully saturated rings. The molecule has 0 bridgehead atoms. The molecular weight excluding hydrogens is 442 g/mol. The van der Waals surface area contributed by atoms with Gasteiger partial charge < -0.3 is 14.6 Å². The van der Waals surface area contributed by atoms with E-state index in [1.54, 1.807) is 11.8 Å². The van der Waals surface area contributed by atoms with Gasteiger partial charge in [0.1, 0.15) is 17.9 Å². The van der Waals surface area contributed by atoms with E-state index in [1.807, 2.05) is 91.0 Å². The Labute approximate surface area is 204 Å². The van der Waals surface area contributed by atoms with Crippen LogP contribution in [-0.2, 0) is 10.5 Å². The van der Waals surface area contributed by atoms with Crippen molar-refractivity contribution in [3.05, 3.63) is 114 Å². The van der Waals surface area contributed by atoms with Crippen LogP contribution in [0.15, 0.2) is 97.1 Å². The van der Waals surface area contributed by atoms with Crippen LogP contribution < -0.4 is 4.74 Å². The molecule has 0 aliphatic carbocycles. The number of rotatable bonds is 11. The molecule has 0 aliphatic rings. The van der Waals surface area contributed by atoms with E-state index < -0.39 is 6.10 Å². The van der Waals surface area contributed by atoms with Crippen molar-refractivity contribution in [2.24, 2.45) is 0 Å². The van der Waals surface area contributed by atoms with E-state index in [4.69, 9.17) is 14.7 Å². The van der Waals surface area contributed by atoms with Crippen LogP contribution in [0.5, 0.6) is 5.75 Å². The minimum atomic E-state index is -0.579. The third-order valence-electron chi connectivity index (χ3n) is 5.49. The van der Waals surface area contributed by atoms with Gasteiger partial charge >= 0.3 is 0 Å². The minimum Gasteiger partial charge on any atom is -0.478 e. The third-order valence-corrected chi connectivity index (χ3v) is 6.63. The van der Waals surface area contributed by atoms with E-state index in [1.165, 1.54) is 5.56 Å². The Morgan fingerprint density at radius 1 is 0.794 bits per heavy atom. The fourth-order valence-corrected chi connectivity index (χ4v) is 4.87. The number of benzene rings is 4. The lowest BCUT2D eigenvalue weighted by molar-refractivity contribution is 0.0155. The number of hydrogen-bond donors (Lipinski definition) is 1. The molecule has 4 aromatic carbocycles. The molecule has 1 unspecified atom stereocenters. The number of thioether (sulfide) groups is 1. The fourth-order valence-electron chi connectivity index (χ4n) is 3.91. The normalized spacial score (nSPS) is 11.9. The molecule has 4 rings (SSSR count). The van der Waals surface area contributed by atoms with Crippen LogP contribution in [0.25, 0.3) is 10.8 Å². The number of ether oxygens (including phenoxy) is 2. The second kappa shape index (κ2) is 12.2. The van der Waals surface area contributed by atoms with Gasteiger partial charge in [0.25, 0.3) is 0 Å². The Morgan fingerprint density at radius 2 is 1.44 bits per heavy atom. The van der Waals surface area contributed by atoms with Crippen LogP contribution >= 0.6 is 11.8 Å². The summed E-state index contributed by atoms with van der Waals surface area (Å²) in [6.07, 6.45) is -0.795. The average molecular weight is 470 g/mol. The van der Waals surface area contributed by atoms with Crippen molar-refractivity contribution in [3.8, 4) is 11.8 Å². The van der Waals surface area contributed by atoms with Gasteiger partial charge in [-0.15, -0.1) is 0 Å². The van der Waals surface area contributed by atoms with Crippen molar-refractivity contribution in [1.29, 1.82) is 5.26 Å². The predicted molar refractivity (Wildman–Crippen MR) is 138 cm³/mol. The van der Waals surface area contributed by atoms with Gasteiger partial charge in [0, 0.05) is 16.9 Å². The van der Waals surface area contributed by atoms with Crippen LogP contribution in [0.3, 0.4) is 0 Å². The lowest BCUT2D eigenvalue weighted by Crippen LogP contribution is -2.20. The highest BCUT2D eigenvalue weighted by Gasteiger charge is 2.17. The minimum absolute atomic E-state index is 0.0250. The molecule has 0 saturated carbocycles. The molecule has 0 amide bonds. The van der Waals surface area contributed by atoms with E-state index in [-0.39, 0.29) is 19.3 Å². The summed E-state index contributed by atoms with van der Waals surface area (Å²) in [6, 6.07) is 34.2. The zero-order valence-electron chi connectivity index (χ0n) is 18.8. The van der Waals surface area contributed by atoms with Crippen molar-refractivity contribution in [3.63, 3.8) is 0 Å². The van der Waals surface area contributed by atoms with Gasteiger partial charge in [0.05, 0.1) is 12.7 Å². The highest BCUT2D eigenvalue weighted by molar-refractivity contribution is 7.98. The summed E-state index contributed by atoms with van der Waals surface area (Å²) in [4.78, 5) is 0. The van der Waals surface area contributed by atoms with Gasteiger partial charge in [-0.1, -0.05) is 91.0 Å². The lowest BCUT2D eigenvalue weighted by Gasteiger charge is -2.21. The van der Waals surface area contributed by atoms with Crippen molar-refractivity contribution >= 4 is 22.5 Å². The molecule has 34 heavy (non-hydrogen) atoms. The third kappa shape index (κ3) is 6.18. The molecule has 1 atom stereocenters. The Hall–Kier alpha value is -3.30. The number of fused-ring (bicyclic) bond motifs is 1. The summed E-state index contributed by atoms with van der Waals surface area (Å²) in [5, 5.41) is 21.5. The maximum Gasteiger partial charge on any atom is 0.174 e. The van der Waals surface area contributed by atoms with Gasteiger partial charge in [-0.05, 0) is 28.1 Å². The van der Waals surface area contributed by atoms with Gasteiger partial charge in [-0.3, -0.25) is 0 Å². The Bertz CT molecular complexity index is 1190. The van der Waals surface area contributed by atoms with Crippen LogP contribution in [0.1, 0.15) is 22.8 Å². The summed E-state index contributed by atoms with van der Waals surface area (Å²) < 4.78 is 11.8. The summed E-state index contributed by atoms with van der Waals surface area (Å²) in [5.74, 6) is 2.04. The van der Waals surface area contributed by atoms with Crippen LogP contribution in [0, 0.1) is 11.3 Å². The molecular formula is C29H27NO3S. The van der Waals surface area contributed by atoms with E-state index in [9.17, 15) is 5.11 Å². The lowest BCUT2D eigenvalue weighted by atomic mass is 10.0. The van der Waals surface area contributed by atoms with E-state index in [0.717, 1.165) is 27.7 Å². The molecule has 0 radical (unpaired) electrons. The number of aliphatic hydroxyl groups excluding tert-OH is 1. The van der Waals surface area contributed by atoms with Crippen molar-refractivity contribution < 1.29 is 14.6 Å². The van der Waals surface area contributed by atoms with Crippen LogP contribution in [0.4, 0.5) is 0 Å². The first kappa shape index (κ1) is 23.8. The fraction of sp³-hybridized carbons (Fsp3) is 0.207. The Balaban J connectivity index is 1.36. The molecule has 0 aromatic heterocycles.